The first-order valence-electron chi connectivity index (χ1n) is 10.5. The number of hydrogen-bond acceptors (Lipinski definition) is 4. The highest BCUT2D eigenvalue weighted by molar-refractivity contribution is 5.95. The van der Waals surface area contributed by atoms with Gasteiger partial charge in [-0.3, -0.25) is 9.59 Å². The highest BCUT2D eigenvalue weighted by Gasteiger charge is 2.30. The summed E-state index contributed by atoms with van der Waals surface area (Å²) in [7, 11) is 0. The molecule has 1 saturated carbocycles. The van der Waals surface area contributed by atoms with Crippen molar-refractivity contribution in [2.75, 3.05) is 31.1 Å². The molecular formula is C22H29N5O2. The summed E-state index contributed by atoms with van der Waals surface area (Å²) >= 11 is 0. The highest BCUT2D eigenvalue weighted by atomic mass is 16.2. The molecule has 0 unspecified atom stereocenters. The molecule has 2 aliphatic rings. The van der Waals surface area contributed by atoms with Crippen LogP contribution in [0.2, 0.25) is 0 Å². The van der Waals surface area contributed by atoms with Crippen molar-refractivity contribution in [3.8, 4) is 0 Å². The van der Waals surface area contributed by atoms with Gasteiger partial charge in [0, 0.05) is 55.3 Å². The Hall–Kier alpha value is -2.83. The Labute approximate surface area is 170 Å². The van der Waals surface area contributed by atoms with E-state index in [9.17, 15) is 9.59 Å². The number of carbonyl (C=O) groups excluding carboxylic acids is 2. The number of carbonyl (C=O) groups is 2. The number of anilines is 1. The fraction of sp³-hybridized carbons (Fsp3) is 0.500. The lowest BCUT2D eigenvalue weighted by atomic mass is 9.82. The van der Waals surface area contributed by atoms with E-state index >= 15 is 0 Å². The minimum atomic E-state index is -0.475. The van der Waals surface area contributed by atoms with Gasteiger partial charge in [-0.2, -0.15) is 0 Å². The fourth-order valence-corrected chi connectivity index (χ4v) is 4.45. The van der Waals surface area contributed by atoms with Crippen LogP contribution in [-0.4, -0.2) is 52.9 Å². The van der Waals surface area contributed by atoms with Crippen LogP contribution in [0.15, 0.2) is 24.5 Å². The van der Waals surface area contributed by atoms with E-state index in [0.717, 1.165) is 67.2 Å². The van der Waals surface area contributed by atoms with Gasteiger partial charge in [0.2, 0.25) is 11.8 Å². The summed E-state index contributed by atoms with van der Waals surface area (Å²) in [4.78, 5) is 35.8. The molecule has 1 saturated heterocycles. The molecule has 0 spiro atoms. The van der Waals surface area contributed by atoms with Crippen LogP contribution >= 0.6 is 0 Å². The van der Waals surface area contributed by atoms with Crippen molar-refractivity contribution in [1.82, 2.24) is 14.9 Å². The molecular weight excluding hydrogens is 366 g/mol. The molecule has 2 amide bonds. The number of H-pyrrole nitrogens is 1. The Morgan fingerprint density at radius 1 is 1.17 bits per heavy atom. The van der Waals surface area contributed by atoms with Crippen molar-refractivity contribution < 1.29 is 9.59 Å². The number of nitrogens with zero attached hydrogens (tertiary/aromatic N) is 3. The third-order valence-electron chi connectivity index (χ3n) is 6.30. The van der Waals surface area contributed by atoms with Crippen molar-refractivity contribution in [2.24, 2.45) is 17.6 Å². The number of aromatic amines is 1. The minimum Gasteiger partial charge on any atom is -0.367 e. The summed E-state index contributed by atoms with van der Waals surface area (Å²) in [6, 6.07) is 2.08. The third kappa shape index (κ3) is 4.28. The third-order valence-corrected chi connectivity index (χ3v) is 6.30. The van der Waals surface area contributed by atoms with Gasteiger partial charge in [-0.05, 0) is 43.7 Å². The molecule has 7 heteroatoms. The number of primary amides is 1. The van der Waals surface area contributed by atoms with Crippen LogP contribution < -0.4 is 10.6 Å². The summed E-state index contributed by atoms with van der Waals surface area (Å²) < 4.78 is 0. The maximum absolute atomic E-state index is 12.9. The normalized spacial score (nSPS) is 23.1. The molecule has 1 aliphatic heterocycles. The van der Waals surface area contributed by atoms with Gasteiger partial charge < -0.3 is 20.5 Å². The van der Waals surface area contributed by atoms with Crippen LogP contribution in [0.4, 0.5) is 5.69 Å². The number of nitrogens with one attached hydrogen (secondary N) is 1. The zero-order chi connectivity index (χ0) is 20.4. The van der Waals surface area contributed by atoms with E-state index in [-0.39, 0.29) is 5.92 Å². The first-order valence-corrected chi connectivity index (χ1v) is 10.5. The first-order chi connectivity index (χ1) is 14.0. The molecule has 1 aliphatic carbocycles. The van der Waals surface area contributed by atoms with Crippen molar-refractivity contribution in [1.29, 1.82) is 0 Å². The molecule has 3 N–H and O–H groups in total. The standard InChI is InChI=1S/C22H29N5O2/c1-15-2-4-16(5-3-15)22(29)27-10-8-26(9-11-27)18-12-19-17(6-7-20(23)28)13-24-21(19)25-14-18/h6-7,12-16H,2-5,8-11H2,1H3,(H2,23,28)(H,24,25)/b7-6+. The molecule has 2 fully saturated rings. The Balaban J connectivity index is 1.41. The van der Waals surface area contributed by atoms with E-state index in [0.29, 0.717) is 5.91 Å². The predicted molar refractivity (Wildman–Crippen MR) is 114 cm³/mol. The van der Waals surface area contributed by atoms with E-state index in [1.54, 1.807) is 6.08 Å². The second-order valence-corrected chi connectivity index (χ2v) is 8.34. The Morgan fingerprint density at radius 3 is 2.59 bits per heavy atom. The topological polar surface area (TPSA) is 95.3 Å². The van der Waals surface area contributed by atoms with Gasteiger partial charge in [0.1, 0.15) is 5.65 Å². The van der Waals surface area contributed by atoms with Gasteiger partial charge in [-0.1, -0.05) is 6.92 Å². The van der Waals surface area contributed by atoms with Crippen LogP contribution in [0.5, 0.6) is 0 Å². The molecule has 4 rings (SSSR count). The van der Waals surface area contributed by atoms with E-state index < -0.39 is 5.91 Å². The number of amides is 2. The molecule has 2 aromatic rings. The molecule has 154 valence electrons. The van der Waals surface area contributed by atoms with Gasteiger partial charge in [-0.15, -0.1) is 0 Å². The number of aromatic nitrogens is 2. The average molecular weight is 396 g/mol. The van der Waals surface area contributed by atoms with E-state index in [1.165, 1.54) is 18.9 Å². The van der Waals surface area contributed by atoms with E-state index in [2.05, 4.69) is 27.9 Å². The second-order valence-electron chi connectivity index (χ2n) is 8.34. The van der Waals surface area contributed by atoms with Gasteiger partial charge in [0.15, 0.2) is 0 Å². The van der Waals surface area contributed by atoms with Gasteiger partial charge in [0.25, 0.3) is 0 Å². The van der Waals surface area contributed by atoms with Crippen LogP contribution in [0.1, 0.15) is 38.2 Å². The Morgan fingerprint density at radius 2 is 1.90 bits per heavy atom. The quantitative estimate of drug-likeness (QED) is 0.778. The summed E-state index contributed by atoms with van der Waals surface area (Å²) in [5.74, 6) is 0.844. The van der Waals surface area contributed by atoms with Crippen molar-refractivity contribution >= 4 is 34.6 Å². The molecule has 0 atom stereocenters. The van der Waals surface area contributed by atoms with Crippen molar-refractivity contribution in [3.63, 3.8) is 0 Å². The largest absolute Gasteiger partial charge is 0.367 e. The van der Waals surface area contributed by atoms with Crippen LogP contribution in [-0.2, 0) is 9.59 Å². The SMILES string of the molecule is CC1CCC(C(=O)N2CCN(c3cnc4[nH]cc(/C=C/C(N)=O)c4c3)CC2)CC1. The number of rotatable bonds is 4. The summed E-state index contributed by atoms with van der Waals surface area (Å²) in [5, 5.41) is 0.954. The Kier molecular flexibility index (Phi) is 5.56. The van der Waals surface area contributed by atoms with Gasteiger partial charge >= 0.3 is 0 Å². The lowest BCUT2D eigenvalue weighted by molar-refractivity contribution is -0.137. The number of pyridine rings is 1. The van der Waals surface area contributed by atoms with Crippen LogP contribution in [0.25, 0.3) is 17.1 Å². The predicted octanol–water partition coefficient (Wildman–Crippen LogP) is 2.54. The molecule has 0 aromatic carbocycles. The zero-order valence-corrected chi connectivity index (χ0v) is 16.9. The lowest BCUT2D eigenvalue weighted by Gasteiger charge is -2.38. The van der Waals surface area contributed by atoms with Crippen molar-refractivity contribution in [3.05, 3.63) is 30.1 Å². The van der Waals surface area contributed by atoms with Crippen LogP contribution in [0.3, 0.4) is 0 Å². The molecule has 2 aromatic heterocycles. The van der Waals surface area contributed by atoms with Gasteiger partial charge in [0.05, 0.1) is 11.9 Å². The second kappa shape index (κ2) is 8.27. The number of nitrogens with two attached hydrogens (primary N) is 1. The highest BCUT2D eigenvalue weighted by Crippen LogP contribution is 2.30. The van der Waals surface area contributed by atoms with E-state index in [1.807, 2.05) is 17.3 Å². The molecule has 0 radical (unpaired) electrons. The summed E-state index contributed by atoms with van der Waals surface area (Å²) in [6.07, 6.45) is 11.2. The summed E-state index contributed by atoms with van der Waals surface area (Å²) in [6.45, 7) is 5.40. The number of hydrogen-bond donors (Lipinski definition) is 2. The van der Waals surface area contributed by atoms with Gasteiger partial charge in [-0.25, -0.2) is 4.98 Å². The average Bonchev–Trinajstić information content (AvgIpc) is 3.14. The summed E-state index contributed by atoms with van der Waals surface area (Å²) in [5.41, 5.74) is 7.90. The zero-order valence-electron chi connectivity index (χ0n) is 16.9. The molecule has 0 bridgehead atoms. The van der Waals surface area contributed by atoms with E-state index in [4.69, 9.17) is 5.73 Å². The monoisotopic (exact) mass is 395 g/mol. The number of piperazine rings is 1. The minimum absolute atomic E-state index is 0.218. The molecule has 7 nitrogen and oxygen atoms in total. The maximum Gasteiger partial charge on any atom is 0.241 e. The lowest BCUT2D eigenvalue weighted by Crippen LogP contribution is -2.50. The first kappa shape index (κ1) is 19.5. The maximum atomic E-state index is 12.9. The molecule has 3 heterocycles. The number of fused-ring (bicyclic) bond motifs is 1. The fourth-order valence-electron chi connectivity index (χ4n) is 4.45. The Bertz CT molecular complexity index is 918. The van der Waals surface area contributed by atoms with Crippen LogP contribution in [0, 0.1) is 11.8 Å². The smallest absolute Gasteiger partial charge is 0.241 e. The molecule has 29 heavy (non-hydrogen) atoms. The van der Waals surface area contributed by atoms with Crippen molar-refractivity contribution in [2.45, 2.75) is 32.6 Å².